The van der Waals surface area contributed by atoms with Gasteiger partial charge in [-0.25, -0.2) is 9.50 Å². The fourth-order valence-electron chi connectivity index (χ4n) is 1.35. The molecule has 0 amide bonds. The summed E-state index contributed by atoms with van der Waals surface area (Å²) in [6, 6.07) is 1.87. The molecular weight excluding hydrogens is 212 g/mol. The third-order valence-corrected chi connectivity index (χ3v) is 2.13. The molecule has 0 aromatic carbocycles. The largest absolute Gasteiger partial charge is 0.381 e. The van der Waals surface area contributed by atoms with Gasteiger partial charge in [0, 0.05) is 18.9 Å². The Hall–Kier alpha value is -1.29. The highest BCUT2D eigenvalue weighted by atomic mass is 35.5. The molecule has 0 aliphatic heterocycles. The van der Waals surface area contributed by atoms with Crippen LogP contribution in [0.5, 0.6) is 0 Å². The highest BCUT2D eigenvalue weighted by molar-refractivity contribution is 5.85. The number of anilines is 1. The van der Waals surface area contributed by atoms with Gasteiger partial charge < -0.3 is 5.32 Å². The van der Waals surface area contributed by atoms with Gasteiger partial charge in [-0.15, -0.1) is 12.4 Å². The molecule has 0 aliphatic rings. The first-order chi connectivity index (χ1) is 6.92. The second-order valence-electron chi connectivity index (χ2n) is 3.23. The minimum atomic E-state index is 0. The Morgan fingerprint density at radius 2 is 2.33 bits per heavy atom. The third kappa shape index (κ3) is 2.59. The van der Waals surface area contributed by atoms with Crippen molar-refractivity contribution in [1.82, 2.24) is 14.6 Å². The Kier molecular flexibility index (Phi) is 4.37. The molecule has 15 heavy (non-hydrogen) atoms. The summed E-state index contributed by atoms with van der Waals surface area (Å²) in [5.41, 5.74) is 1.91. The fourth-order valence-corrected chi connectivity index (χ4v) is 1.35. The van der Waals surface area contributed by atoms with Crippen LogP contribution in [-0.4, -0.2) is 21.1 Å². The van der Waals surface area contributed by atoms with Crippen LogP contribution in [0, 0.1) is 0 Å². The molecule has 2 heterocycles. The lowest BCUT2D eigenvalue weighted by molar-refractivity contribution is 0.835. The van der Waals surface area contributed by atoms with E-state index in [4.69, 9.17) is 0 Å². The van der Waals surface area contributed by atoms with Crippen molar-refractivity contribution in [1.29, 1.82) is 0 Å². The SMILES string of the molecule is CCCCNc1cnn2cccnc12.Cl. The number of nitrogens with one attached hydrogen (secondary N) is 1. The first-order valence-corrected chi connectivity index (χ1v) is 4.94. The summed E-state index contributed by atoms with van der Waals surface area (Å²) in [6.45, 7) is 3.16. The number of hydrogen-bond donors (Lipinski definition) is 1. The third-order valence-electron chi connectivity index (χ3n) is 2.13. The monoisotopic (exact) mass is 226 g/mol. The normalized spacial score (nSPS) is 9.93. The summed E-state index contributed by atoms with van der Waals surface area (Å²) in [5, 5.41) is 7.51. The molecule has 2 aromatic heterocycles. The maximum atomic E-state index is 4.26. The summed E-state index contributed by atoms with van der Waals surface area (Å²) in [5.74, 6) is 0. The van der Waals surface area contributed by atoms with E-state index in [0.29, 0.717) is 0 Å². The van der Waals surface area contributed by atoms with Crippen molar-refractivity contribution in [3.63, 3.8) is 0 Å². The van der Waals surface area contributed by atoms with E-state index in [9.17, 15) is 0 Å². The molecular formula is C10H15ClN4. The molecule has 0 saturated carbocycles. The molecule has 2 aromatic rings. The minimum absolute atomic E-state index is 0. The average Bonchev–Trinajstić information content (AvgIpc) is 2.63. The van der Waals surface area contributed by atoms with Crippen molar-refractivity contribution >= 4 is 23.7 Å². The van der Waals surface area contributed by atoms with E-state index in [2.05, 4.69) is 22.3 Å². The van der Waals surface area contributed by atoms with Gasteiger partial charge in [0.1, 0.15) is 0 Å². The van der Waals surface area contributed by atoms with Crippen LogP contribution in [0.15, 0.2) is 24.7 Å². The van der Waals surface area contributed by atoms with Crippen molar-refractivity contribution in [3.05, 3.63) is 24.7 Å². The van der Waals surface area contributed by atoms with Crippen LogP contribution < -0.4 is 5.32 Å². The first kappa shape index (κ1) is 11.8. The van der Waals surface area contributed by atoms with Crippen molar-refractivity contribution in [2.45, 2.75) is 19.8 Å². The molecule has 0 aliphatic carbocycles. The summed E-state index contributed by atoms with van der Waals surface area (Å²) in [7, 11) is 0. The molecule has 0 atom stereocenters. The Balaban J connectivity index is 0.00000112. The maximum Gasteiger partial charge on any atom is 0.178 e. The molecule has 1 N–H and O–H groups in total. The van der Waals surface area contributed by atoms with E-state index < -0.39 is 0 Å². The van der Waals surface area contributed by atoms with Crippen molar-refractivity contribution in [2.24, 2.45) is 0 Å². The average molecular weight is 227 g/mol. The molecule has 4 nitrogen and oxygen atoms in total. The quantitative estimate of drug-likeness (QED) is 0.814. The van der Waals surface area contributed by atoms with Gasteiger partial charge >= 0.3 is 0 Å². The summed E-state index contributed by atoms with van der Waals surface area (Å²) < 4.78 is 1.77. The van der Waals surface area contributed by atoms with Crippen molar-refractivity contribution in [2.75, 3.05) is 11.9 Å². The van der Waals surface area contributed by atoms with Crippen molar-refractivity contribution in [3.8, 4) is 0 Å². The van der Waals surface area contributed by atoms with Crippen LogP contribution in [0.2, 0.25) is 0 Å². The van der Waals surface area contributed by atoms with Gasteiger partial charge in [0.05, 0.1) is 11.9 Å². The standard InChI is InChI=1S/C10H14N4.ClH/c1-2-3-5-11-9-8-13-14-7-4-6-12-10(9)14;/h4,6-8,11H,2-3,5H2,1H3;1H. The molecule has 0 radical (unpaired) electrons. The van der Waals surface area contributed by atoms with E-state index >= 15 is 0 Å². The second kappa shape index (κ2) is 5.56. The van der Waals surface area contributed by atoms with Crippen LogP contribution in [0.4, 0.5) is 5.69 Å². The van der Waals surface area contributed by atoms with E-state index in [1.807, 2.05) is 18.5 Å². The molecule has 5 heteroatoms. The lowest BCUT2D eigenvalue weighted by atomic mass is 10.3. The predicted molar refractivity (Wildman–Crippen MR) is 63.6 cm³/mol. The number of hydrogen-bond acceptors (Lipinski definition) is 3. The first-order valence-electron chi connectivity index (χ1n) is 4.94. The molecule has 0 saturated heterocycles. The maximum absolute atomic E-state index is 4.26. The van der Waals surface area contributed by atoms with E-state index in [0.717, 1.165) is 17.9 Å². The Labute approximate surface area is 95.1 Å². The Bertz CT molecular complexity index is 412. The van der Waals surface area contributed by atoms with Gasteiger partial charge in [0.2, 0.25) is 0 Å². The molecule has 82 valence electrons. The van der Waals surface area contributed by atoms with Crippen LogP contribution >= 0.6 is 12.4 Å². The summed E-state index contributed by atoms with van der Waals surface area (Å²) in [6.07, 6.45) is 7.86. The van der Waals surface area contributed by atoms with Gasteiger partial charge in [-0.2, -0.15) is 5.10 Å². The van der Waals surface area contributed by atoms with Gasteiger partial charge in [-0.1, -0.05) is 13.3 Å². The zero-order valence-corrected chi connectivity index (χ0v) is 9.50. The summed E-state index contributed by atoms with van der Waals surface area (Å²) in [4.78, 5) is 4.26. The highest BCUT2D eigenvalue weighted by Crippen LogP contribution is 2.12. The lowest BCUT2D eigenvalue weighted by Crippen LogP contribution is -2.00. The van der Waals surface area contributed by atoms with Crippen LogP contribution in [0.25, 0.3) is 5.65 Å². The highest BCUT2D eigenvalue weighted by Gasteiger charge is 2.02. The van der Waals surface area contributed by atoms with Crippen LogP contribution in [-0.2, 0) is 0 Å². The number of rotatable bonds is 4. The van der Waals surface area contributed by atoms with E-state index in [1.54, 1.807) is 10.7 Å². The Morgan fingerprint density at radius 1 is 1.47 bits per heavy atom. The Morgan fingerprint density at radius 3 is 3.13 bits per heavy atom. The zero-order chi connectivity index (χ0) is 9.80. The van der Waals surface area contributed by atoms with Crippen molar-refractivity contribution < 1.29 is 0 Å². The molecule has 0 bridgehead atoms. The number of halogens is 1. The topological polar surface area (TPSA) is 42.2 Å². The zero-order valence-electron chi connectivity index (χ0n) is 8.68. The van der Waals surface area contributed by atoms with E-state index in [-0.39, 0.29) is 12.4 Å². The fraction of sp³-hybridized carbons (Fsp3) is 0.400. The molecule has 0 unspecified atom stereocenters. The second-order valence-corrected chi connectivity index (χ2v) is 3.23. The summed E-state index contributed by atoms with van der Waals surface area (Å²) >= 11 is 0. The van der Waals surface area contributed by atoms with Gasteiger partial charge in [-0.05, 0) is 12.5 Å². The van der Waals surface area contributed by atoms with Gasteiger partial charge in [0.15, 0.2) is 5.65 Å². The molecule has 0 spiro atoms. The van der Waals surface area contributed by atoms with Gasteiger partial charge in [0.25, 0.3) is 0 Å². The smallest absolute Gasteiger partial charge is 0.178 e. The van der Waals surface area contributed by atoms with Gasteiger partial charge in [-0.3, -0.25) is 0 Å². The molecule has 2 rings (SSSR count). The predicted octanol–water partition coefficient (Wildman–Crippen LogP) is 2.36. The molecule has 0 fully saturated rings. The van der Waals surface area contributed by atoms with Crippen LogP contribution in [0.1, 0.15) is 19.8 Å². The number of fused-ring (bicyclic) bond motifs is 1. The number of unbranched alkanes of at least 4 members (excludes halogenated alkanes) is 1. The number of nitrogens with zero attached hydrogens (tertiary/aromatic N) is 3. The van der Waals surface area contributed by atoms with Crippen LogP contribution in [0.3, 0.4) is 0 Å². The number of aromatic nitrogens is 3. The lowest BCUT2D eigenvalue weighted by Gasteiger charge is -2.01. The minimum Gasteiger partial charge on any atom is -0.381 e. The van der Waals surface area contributed by atoms with E-state index in [1.165, 1.54) is 12.8 Å².